The van der Waals surface area contributed by atoms with E-state index in [1.807, 2.05) is 6.07 Å². The van der Waals surface area contributed by atoms with E-state index in [0.717, 1.165) is 49.4 Å². The summed E-state index contributed by atoms with van der Waals surface area (Å²) >= 11 is 0. The van der Waals surface area contributed by atoms with Gasteiger partial charge in [-0.25, -0.2) is 4.98 Å². The quantitative estimate of drug-likeness (QED) is 0.215. The van der Waals surface area contributed by atoms with E-state index >= 15 is 0 Å². The molecule has 2 aromatic heterocycles. The summed E-state index contributed by atoms with van der Waals surface area (Å²) in [6, 6.07) is 42.8. The molecule has 43 heavy (non-hydrogen) atoms. The molecule has 0 radical (unpaired) electrons. The third-order valence-corrected chi connectivity index (χ3v) is 9.22. The number of hydrogen-bond acceptors (Lipinski definition) is 2. The molecule has 0 amide bonds. The van der Waals surface area contributed by atoms with Crippen molar-refractivity contribution in [2.45, 2.75) is 13.8 Å². The van der Waals surface area contributed by atoms with Crippen molar-refractivity contribution >= 4 is 59.8 Å². The summed E-state index contributed by atoms with van der Waals surface area (Å²) < 4.78 is 1.79. The third-order valence-electron chi connectivity index (χ3n) is 9.22. The van der Waals surface area contributed by atoms with Crippen molar-refractivity contribution < 1.29 is 0 Å². The van der Waals surface area contributed by atoms with Gasteiger partial charge in [0.2, 0.25) is 0 Å². The van der Waals surface area contributed by atoms with Gasteiger partial charge < -0.3 is 0 Å². The first kappa shape index (κ1) is 24.1. The van der Waals surface area contributed by atoms with Gasteiger partial charge in [-0.3, -0.25) is 9.20 Å². The van der Waals surface area contributed by atoms with Crippen LogP contribution >= 0.6 is 0 Å². The van der Waals surface area contributed by atoms with Gasteiger partial charge in [0.15, 0.2) is 0 Å². The summed E-state index contributed by atoms with van der Waals surface area (Å²) in [5, 5.41) is 8.81. The van der Waals surface area contributed by atoms with Crippen molar-refractivity contribution in [2.75, 3.05) is 0 Å². The zero-order valence-corrected chi connectivity index (χ0v) is 23.8. The molecule has 9 aromatic rings. The van der Waals surface area contributed by atoms with E-state index in [-0.39, 0.29) is 5.56 Å². The van der Waals surface area contributed by atoms with E-state index in [1.54, 1.807) is 4.40 Å². The van der Waals surface area contributed by atoms with Gasteiger partial charge in [-0.05, 0) is 92.4 Å². The van der Waals surface area contributed by atoms with Gasteiger partial charge in [-0.15, -0.1) is 0 Å². The van der Waals surface area contributed by atoms with Crippen LogP contribution in [0.15, 0.2) is 126 Å². The maximum Gasteiger partial charge on any atom is 0.264 e. The lowest BCUT2D eigenvalue weighted by atomic mass is 9.90. The minimum atomic E-state index is -0.0155. The maximum absolute atomic E-state index is 13.9. The van der Waals surface area contributed by atoms with Crippen LogP contribution in [0.3, 0.4) is 0 Å². The van der Waals surface area contributed by atoms with Crippen LogP contribution in [-0.2, 0) is 0 Å². The lowest BCUT2D eigenvalue weighted by Gasteiger charge is -2.14. The SMILES string of the molecule is Cc1ccc2c(=O)n3c4ccc(-c5ccc(-c6cccc7ccccc67)c6ccccc56)cc4nc3c3ccc(C)c1c23. The second-order valence-electron chi connectivity index (χ2n) is 11.6. The Kier molecular flexibility index (Phi) is 4.89. The molecule has 0 unspecified atom stereocenters. The Labute approximate surface area is 247 Å². The van der Waals surface area contributed by atoms with Crippen LogP contribution in [0, 0.1) is 13.8 Å². The molecule has 9 rings (SSSR count). The number of rotatable bonds is 2. The fraction of sp³-hybridized carbons (Fsp3) is 0.0500. The van der Waals surface area contributed by atoms with Gasteiger partial charge in [-0.2, -0.15) is 0 Å². The van der Waals surface area contributed by atoms with E-state index in [1.165, 1.54) is 43.8 Å². The molecule has 0 spiro atoms. The van der Waals surface area contributed by atoms with Gasteiger partial charge in [-0.1, -0.05) is 103 Å². The molecule has 0 bridgehead atoms. The van der Waals surface area contributed by atoms with Gasteiger partial charge in [0.05, 0.1) is 11.0 Å². The fourth-order valence-electron chi connectivity index (χ4n) is 7.23. The molecule has 0 N–H and O–H groups in total. The number of aryl methyl sites for hydroxylation is 2. The van der Waals surface area contributed by atoms with Crippen molar-refractivity contribution in [1.29, 1.82) is 0 Å². The number of pyridine rings is 1. The number of imidazole rings is 1. The van der Waals surface area contributed by atoms with Crippen LogP contribution in [0.2, 0.25) is 0 Å². The Morgan fingerprint density at radius 2 is 1.19 bits per heavy atom. The van der Waals surface area contributed by atoms with Gasteiger partial charge in [0.25, 0.3) is 5.56 Å². The van der Waals surface area contributed by atoms with Crippen molar-refractivity contribution in [3.63, 3.8) is 0 Å². The molecule has 202 valence electrons. The molecule has 0 fully saturated rings. The van der Waals surface area contributed by atoms with Crippen LogP contribution in [0.1, 0.15) is 11.1 Å². The monoisotopic (exact) mass is 550 g/mol. The lowest BCUT2D eigenvalue weighted by molar-refractivity contribution is 1.19. The number of fused-ring (bicyclic) bond motifs is 6. The molecule has 0 saturated carbocycles. The normalized spacial score (nSPS) is 12.0. The first-order chi connectivity index (χ1) is 21.1. The highest BCUT2D eigenvalue weighted by atomic mass is 16.1. The smallest absolute Gasteiger partial charge is 0.264 e. The summed E-state index contributed by atoms with van der Waals surface area (Å²) in [7, 11) is 0. The Bertz CT molecular complexity index is 2650. The van der Waals surface area contributed by atoms with Crippen LogP contribution in [-0.4, -0.2) is 9.38 Å². The summed E-state index contributed by atoms with van der Waals surface area (Å²) in [4.78, 5) is 19.0. The summed E-state index contributed by atoms with van der Waals surface area (Å²) in [6.07, 6.45) is 0. The van der Waals surface area contributed by atoms with Crippen molar-refractivity contribution in [1.82, 2.24) is 9.38 Å². The predicted octanol–water partition coefficient (Wildman–Crippen LogP) is 9.85. The van der Waals surface area contributed by atoms with E-state index in [9.17, 15) is 4.79 Å². The minimum Gasteiger partial charge on any atom is -0.268 e. The molecule has 2 heterocycles. The number of nitrogens with zero attached hydrogens (tertiary/aromatic N) is 2. The Balaban J connectivity index is 1.29. The lowest BCUT2D eigenvalue weighted by Crippen LogP contribution is -2.13. The first-order valence-corrected chi connectivity index (χ1v) is 14.7. The Hall–Kier alpha value is -5.54. The molecule has 0 aliphatic carbocycles. The molecule has 0 saturated heterocycles. The van der Waals surface area contributed by atoms with E-state index in [4.69, 9.17) is 4.98 Å². The van der Waals surface area contributed by atoms with Gasteiger partial charge in [0.1, 0.15) is 5.65 Å². The molecule has 0 aliphatic rings. The zero-order valence-electron chi connectivity index (χ0n) is 23.8. The van der Waals surface area contributed by atoms with Crippen LogP contribution < -0.4 is 5.56 Å². The summed E-state index contributed by atoms with van der Waals surface area (Å²) in [5.74, 6) is 0. The van der Waals surface area contributed by atoms with Crippen LogP contribution in [0.5, 0.6) is 0 Å². The highest BCUT2D eigenvalue weighted by Gasteiger charge is 2.19. The largest absolute Gasteiger partial charge is 0.268 e. The van der Waals surface area contributed by atoms with Crippen molar-refractivity contribution in [2.24, 2.45) is 0 Å². The topological polar surface area (TPSA) is 34.4 Å². The predicted molar refractivity (Wildman–Crippen MR) is 181 cm³/mol. The average molecular weight is 551 g/mol. The third kappa shape index (κ3) is 3.30. The Morgan fingerprint density at radius 3 is 2.00 bits per heavy atom. The second-order valence-corrected chi connectivity index (χ2v) is 11.6. The second kappa shape index (κ2) is 8.73. The van der Waals surface area contributed by atoms with Crippen molar-refractivity contribution in [3.8, 4) is 22.3 Å². The molecule has 7 aromatic carbocycles. The molecular weight excluding hydrogens is 524 g/mol. The van der Waals surface area contributed by atoms with Crippen LogP contribution in [0.25, 0.3) is 82.0 Å². The Morgan fingerprint density at radius 1 is 0.535 bits per heavy atom. The first-order valence-electron chi connectivity index (χ1n) is 14.7. The summed E-state index contributed by atoms with van der Waals surface area (Å²) in [6.45, 7) is 4.22. The standard InChI is InChI=1S/C40H26N2O/c1-23-14-17-33-38-34(18-15-24(2)37(23)38)40(43)42-36-21-16-26(22-35(36)41-39(33)42)28-19-20-32(31-12-6-5-11-29(28)31)30-13-7-9-25-8-3-4-10-27(25)30/h3-22H,1-2H3. The van der Waals surface area contributed by atoms with E-state index < -0.39 is 0 Å². The molecule has 3 heteroatoms. The highest BCUT2D eigenvalue weighted by Crippen LogP contribution is 2.39. The highest BCUT2D eigenvalue weighted by molar-refractivity contribution is 6.17. The minimum absolute atomic E-state index is 0.0155. The van der Waals surface area contributed by atoms with Crippen LogP contribution in [0.4, 0.5) is 0 Å². The number of hydrogen-bond donors (Lipinski definition) is 0. The molecule has 0 atom stereocenters. The molecular formula is C40H26N2O. The van der Waals surface area contributed by atoms with Gasteiger partial charge >= 0.3 is 0 Å². The van der Waals surface area contributed by atoms with Gasteiger partial charge in [0, 0.05) is 16.2 Å². The maximum atomic E-state index is 13.9. The number of benzene rings is 7. The molecule has 0 aliphatic heterocycles. The molecule has 3 nitrogen and oxygen atoms in total. The van der Waals surface area contributed by atoms with E-state index in [2.05, 4.69) is 129 Å². The zero-order chi connectivity index (χ0) is 28.8. The average Bonchev–Trinajstić information content (AvgIpc) is 3.43. The number of aromatic nitrogens is 2. The summed E-state index contributed by atoms with van der Waals surface area (Å²) in [5.41, 5.74) is 9.39. The van der Waals surface area contributed by atoms with E-state index in [0.29, 0.717) is 0 Å². The fourth-order valence-corrected chi connectivity index (χ4v) is 7.23. The van der Waals surface area contributed by atoms with Crippen molar-refractivity contribution in [3.05, 3.63) is 143 Å².